The topological polar surface area (TPSA) is 108 Å². The molecule has 0 aliphatic rings. The molecule has 7 heteroatoms. The molecular formula is C15H12N4O3. The second-order valence-corrected chi connectivity index (χ2v) is 4.41. The Morgan fingerprint density at radius 2 is 2.32 bits per heavy atom. The fraction of sp³-hybridized carbons (Fsp3) is 0.200. The molecule has 2 aromatic rings. The summed E-state index contributed by atoms with van der Waals surface area (Å²) in [6, 6.07) is 0.958. The number of fused-ring (bicyclic) bond motifs is 1. The third-order valence-electron chi connectivity index (χ3n) is 3.18. The van der Waals surface area contributed by atoms with Crippen LogP contribution in [0.5, 0.6) is 0 Å². The van der Waals surface area contributed by atoms with E-state index in [1.165, 1.54) is 23.2 Å². The van der Waals surface area contributed by atoms with Gasteiger partial charge in [0.15, 0.2) is 0 Å². The standard InChI is InChI=1S/C15H12N4O3/c1-2-11-14-10(8-19(3-4-20)15(11)22)6-17-7-12(14)13(5-16)18-9-21/h1,6-9,13,20H,3-4H2,(H,18,21). The molecule has 0 bridgehead atoms. The second-order valence-electron chi connectivity index (χ2n) is 4.41. The van der Waals surface area contributed by atoms with Crippen molar-refractivity contribution in [2.45, 2.75) is 12.6 Å². The van der Waals surface area contributed by atoms with Crippen LogP contribution in [-0.4, -0.2) is 27.7 Å². The summed E-state index contributed by atoms with van der Waals surface area (Å²) in [5, 5.41) is 21.5. The molecule has 0 aromatic carbocycles. The lowest BCUT2D eigenvalue weighted by molar-refractivity contribution is -0.109. The zero-order valence-corrected chi connectivity index (χ0v) is 11.5. The Hall–Kier alpha value is -3.16. The van der Waals surface area contributed by atoms with Gasteiger partial charge in [-0.2, -0.15) is 5.26 Å². The molecule has 0 saturated carbocycles. The van der Waals surface area contributed by atoms with Gasteiger partial charge in [-0.15, -0.1) is 6.42 Å². The van der Waals surface area contributed by atoms with Gasteiger partial charge in [0.05, 0.1) is 18.2 Å². The Kier molecular flexibility index (Phi) is 4.52. The zero-order chi connectivity index (χ0) is 16.1. The lowest BCUT2D eigenvalue weighted by atomic mass is 9.99. The molecule has 0 fully saturated rings. The lowest BCUT2D eigenvalue weighted by Crippen LogP contribution is -2.25. The van der Waals surface area contributed by atoms with Gasteiger partial charge in [-0.3, -0.25) is 14.6 Å². The number of pyridine rings is 2. The van der Waals surface area contributed by atoms with Crippen molar-refractivity contribution in [2.75, 3.05) is 6.61 Å². The monoisotopic (exact) mass is 296 g/mol. The number of nitrogens with zero attached hydrogens (tertiary/aromatic N) is 3. The van der Waals surface area contributed by atoms with Gasteiger partial charge in [-0.25, -0.2) is 0 Å². The van der Waals surface area contributed by atoms with Gasteiger partial charge < -0.3 is 15.0 Å². The predicted octanol–water partition coefficient (Wildman–Crippen LogP) is -0.319. The fourth-order valence-electron chi connectivity index (χ4n) is 2.25. The quantitative estimate of drug-likeness (QED) is 0.581. The molecule has 1 unspecified atom stereocenters. The van der Waals surface area contributed by atoms with E-state index >= 15 is 0 Å². The van der Waals surface area contributed by atoms with Crippen LogP contribution in [0, 0.1) is 23.7 Å². The predicted molar refractivity (Wildman–Crippen MR) is 78.6 cm³/mol. The highest BCUT2D eigenvalue weighted by Crippen LogP contribution is 2.24. The third kappa shape index (κ3) is 2.53. The highest BCUT2D eigenvalue weighted by molar-refractivity contribution is 5.90. The average molecular weight is 296 g/mol. The summed E-state index contributed by atoms with van der Waals surface area (Å²) in [4.78, 5) is 27.0. The molecular weight excluding hydrogens is 284 g/mol. The summed E-state index contributed by atoms with van der Waals surface area (Å²) in [7, 11) is 0. The van der Waals surface area contributed by atoms with E-state index in [1.54, 1.807) is 0 Å². The van der Waals surface area contributed by atoms with Crippen LogP contribution in [0.4, 0.5) is 0 Å². The SMILES string of the molecule is C#Cc1c(=O)n(CCO)cc2cncc(C(C#N)NC=O)c12. The van der Waals surface area contributed by atoms with Crippen LogP contribution in [0.1, 0.15) is 17.2 Å². The average Bonchev–Trinajstić information content (AvgIpc) is 2.53. The smallest absolute Gasteiger partial charge is 0.267 e. The Bertz CT molecular complexity index is 858. The number of nitrogens with one attached hydrogen (secondary N) is 1. The number of carbonyl (C=O) groups excluding carboxylic acids is 1. The van der Waals surface area contributed by atoms with Crippen molar-refractivity contribution in [2.24, 2.45) is 0 Å². The summed E-state index contributed by atoms with van der Waals surface area (Å²) < 4.78 is 1.29. The van der Waals surface area contributed by atoms with Crippen LogP contribution in [0.2, 0.25) is 0 Å². The van der Waals surface area contributed by atoms with Gasteiger partial charge in [0, 0.05) is 41.5 Å². The number of rotatable bonds is 5. The largest absolute Gasteiger partial charge is 0.395 e. The molecule has 0 saturated heterocycles. The highest BCUT2D eigenvalue weighted by Gasteiger charge is 2.18. The summed E-state index contributed by atoms with van der Waals surface area (Å²) in [5.74, 6) is 2.33. The first-order valence-electron chi connectivity index (χ1n) is 6.35. The lowest BCUT2D eigenvalue weighted by Gasteiger charge is -2.14. The van der Waals surface area contributed by atoms with Gasteiger partial charge in [-0.1, -0.05) is 5.92 Å². The second kappa shape index (κ2) is 6.53. The van der Waals surface area contributed by atoms with E-state index in [2.05, 4.69) is 16.2 Å². The van der Waals surface area contributed by atoms with Crippen molar-refractivity contribution in [3.05, 3.63) is 40.1 Å². The number of carbonyl (C=O) groups is 1. The number of aromatic nitrogens is 2. The minimum atomic E-state index is -0.964. The van der Waals surface area contributed by atoms with E-state index in [-0.39, 0.29) is 18.7 Å². The third-order valence-corrected chi connectivity index (χ3v) is 3.18. The Morgan fingerprint density at radius 3 is 2.91 bits per heavy atom. The minimum absolute atomic E-state index is 0.0660. The first-order chi connectivity index (χ1) is 10.7. The highest BCUT2D eigenvalue weighted by atomic mass is 16.3. The summed E-state index contributed by atoms with van der Waals surface area (Å²) in [6.45, 7) is -0.113. The number of nitriles is 1. The molecule has 2 aromatic heterocycles. The van der Waals surface area contributed by atoms with E-state index < -0.39 is 11.6 Å². The van der Waals surface area contributed by atoms with Crippen LogP contribution >= 0.6 is 0 Å². The molecule has 2 heterocycles. The van der Waals surface area contributed by atoms with Crippen molar-refractivity contribution in [3.63, 3.8) is 0 Å². The summed E-state index contributed by atoms with van der Waals surface area (Å²) >= 11 is 0. The van der Waals surface area contributed by atoms with E-state index in [1.807, 2.05) is 6.07 Å². The normalized spacial score (nSPS) is 11.4. The van der Waals surface area contributed by atoms with Crippen LogP contribution in [-0.2, 0) is 11.3 Å². The van der Waals surface area contributed by atoms with E-state index in [0.717, 1.165) is 0 Å². The summed E-state index contributed by atoms with van der Waals surface area (Å²) in [6.07, 6.45) is 10.3. The number of aliphatic hydroxyl groups is 1. The van der Waals surface area contributed by atoms with Gasteiger partial charge in [-0.05, 0) is 0 Å². The van der Waals surface area contributed by atoms with Gasteiger partial charge in [0.1, 0.15) is 6.04 Å². The summed E-state index contributed by atoms with van der Waals surface area (Å²) in [5.41, 5.74) is -0.0242. The molecule has 0 radical (unpaired) electrons. The number of terminal acetylenes is 1. The van der Waals surface area contributed by atoms with Crippen molar-refractivity contribution >= 4 is 17.2 Å². The number of hydrogen-bond donors (Lipinski definition) is 2. The first kappa shape index (κ1) is 15.2. The Balaban J connectivity index is 2.85. The Labute approximate surface area is 125 Å². The van der Waals surface area contributed by atoms with Crippen LogP contribution in [0.25, 0.3) is 10.8 Å². The van der Waals surface area contributed by atoms with Gasteiger partial charge in [0.25, 0.3) is 5.56 Å². The molecule has 22 heavy (non-hydrogen) atoms. The maximum atomic E-state index is 12.3. The van der Waals surface area contributed by atoms with Crippen molar-refractivity contribution in [1.82, 2.24) is 14.9 Å². The molecule has 110 valence electrons. The van der Waals surface area contributed by atoms with Crippen LogP contribution < -0.4 is 10.9 Å². The van der Waals surface area contributed by atoms with Crippen LogP contribution in [0.3, 0.4) is 0 Å². The van der Waals surface area contributed by atoms with E-state index in [9.17, 15) is 14.9 Å². The van der Waals surface area contributed by atoms with Crippen LogP contribution in [0.15, 0.2) is 23.4 Å². The molecule has 0 aliphatic heterocycles. The molecule has 2 N–H and O–H groups in total. The number of amides is 1. The molecule has 1 atom stereocenters. The van der Waals surface area contributed by atoms with E-state index in [0.29, 0.717) is 22.7 Å². The Morgan fingerprint density at radius 1 is 1.55 bits per heavy atom. The minimum Gasteiger partial charge on any atom is -0.395 e. The molecule has 1 amide bonds. The molecule has 2 rings (SSSR count). The zero-order valence-electron chi connectivity index (χ0n) is 11.5. The maximum Gasteiger partial charge on any atom is 0.267 e. The van der Waals surface area contributed by atoms with Gasteiger partial charge in [0.2, 0.25) is 6.41 Å². The fourth-order valence-corrected chi connectivity index (χ4v) is 2.25. The first-order valence-corrected chi connectivity index (χ1v) is 6.35. The number of hydrogen-bond acceptors (Lipinski definition) is 5. The van der Waals surface area contributed by atoms with E-state index in [4.69, 9.17) is 11.5 Å². The van der Waals surface area contributed by atoms with Crippen molar-refractivity contribution in [3.8, 4) is 18.4 Å². The maximum absolute atomic E-state index is 12.3. The molecule has 0 aliphatic carbocycles. The molecule has 7 nitrogen and oxygen atoms in total. The van der Waals surface area contributed by atoms with Gasteiger partial charge >= 0.3 is 0 Å². The number of aliphatic hydroxyl groups excluding tert-OH is 1. The van der Waals surface area contributed by atoms with Crippen molar-refractivity contribution in [1.29, 1.82) is 5.26 Å². The van der Waals surface area contributed by atoms with Crippen molar-refractivity contribution < 1.29 is 9.90 Å². The molecule has 0 spiro atoms.